The minimum Gasteiger partial charge on any atom is -0.331 e. The number of hydrogen-bond donors (Lipinski definition) is 2. The Labute approximate surface area is 114 Å². The van der Waals surface area contributed by atoms with Gasteiger partial charge in [0.1, 0.15) is 5.82 Å². The average Bonchev–Trinajstić information content (AvgIpc) is 2.35. The van der Waals surface area contributed by atoms with Crippen LogP contribution < -0.4 is 10.6 Å². The number of pyridine rings is 1. The Bertz CT molecular complexity index is 563. The van der Waals surface area contributed by atoms with Gasteiger partial charge in [0, 0.05) is 6.20 Å². The van der Waals surface area contributed by atoms with E-state index in [2.05, 4.69) is 15.6 Å². The van der Waals surface area contributed by atoms with Crippen molar-refractivity contribution in [1.29, 1.82) is 0 Å². The first-order valence-corrected chi connectivity index (χ1v) is 5.87. The molecule has 2 rings (SSSR count). The Morgan fingerprint density at radius 3 is 2.83 bits per heavy atom. The molecule has 0 fully saturated rings. The lowest BCUT2D eigenvalue weighted by molar-refractivity contribution is 0.628. The van der Waals surface area contributed by atoms with Gasteiger partial charge in [-0.05, 0) is 42.5 Å². The molecule has 1 aromatic heterocycles. The van der Waals surface area contributed by atoms with Crippen molar-refractivity contribution in [2.45, 2.75) is 0 Å². The quantitative estimate of drug-likeness (QED) is 0.824. The zero-order valence-electron chi connectivity index (χ0n) is 9.15. The Morgan fingerprint density at radius 2 is 2.11 bits per heavy atom. The fourth-order valence-corrected chi connectivity index (χ4v) is 1.71. The largest absolute Gasteiger partial charge is 0.331 e. The highest BCUT2D eigenvalue weighted by Gasteiger charge is 2.04. The topological polar surface area (TPSA) is 37.0 Å². The van der Waals surface area contributed by atoms with Crippen molar-refractivity contribution in [3.05, 3.63) is 53.6 Å². The fourth-order valence-electron chi connectivity index (χ4n) is 1.31. The third-order valence-electron chi connectivity index (χ3n) is 2.10. The molecule has 0 spiro atoms. The first kappa shape index (κ1) is 12.7. The van der Waals surface area contributed by atoms with E-state index < -0.39 is 0 Å². The summed E-state index contributed by atoms with van der Waals surface area (Å²) in [6.45, 7) is 0. The molecule has 0 bridgehead atoms. The van der Waals surface area contributed by atoms with E-state index in [0.717, 1.165) is 5.69 Å². The molecular formula is C12H9ClFN3S. The van der Waals surface area contributed by atoms with Gasteiger partial charge in [-0.2, -0.15) is 0 Å². The minimum atomic E-state index is -0.383. The molecular weight excluding hydrogens is 273 g/mol. The molecule has 2 N–H and O–H groups in total. The molecule has 0 aliphatic heterocycles. The van der Waals surface area contributed by atoms with Gasteiger partial charge >= 0.3 is 0 Å². The molecule has 92 valence electrons. The van der Waals surface area contributed by atoms with Crippen LogP contribution in [0.3, 0.4) is 0 Å². The van der Waals surface area contributed by atoms with Crippen LogP contribution in [0.25, 0.3) is 0 Å². The molecule has 3 nitrogen and oxygen atoms in total. The Morgan fingerprint density at radius 1 is 1.28 bits per heavy atom. The monoisotopic (exact) mass is 281 g/mol. The maximum absolute atomic E-state index is 13.1. The SMILES string of the molecule is Fc1ccc(Cl)c(NC(=S)Nc2cccnc2)c1. The van der Waals surface area contributed by atoms with Crippen LogP contribution in [0.15, 0.2) is 42.7 Å². The van der Waals surface area contributed by atoms with Crippen LogP contribution in [-0.2, 0) is 0 Å². The Hall–Kier alpha value is -1.72. The molecule has 2 aromatic rings. The van der Waals surface area contributed by atoms with E-state index in [1.165, 1.54) is 18.2 Å². The van der Waals surface area contributed by atoms with Crippen LogP contribution in [0.1, 0.15) is 0 Å². The molecule has 0 saturated heterocycles. The maximum Gasteiger partial charge on any atom is 0.175 e. The van der Waals surface area contributed by atoms with Gasteiger partial charge in [-0.3, -0.25) is 4.98 Å². The number of rotatable bonds is 2. The lowest BCUT2D eigenvalue weighted by atomic mass is 10.3. The zero-order chi connectivity index (χ0) is 13.0. The second-order valence-electron chi connectivity index (χ2n) is 3.44. The summed E-state index contributed by atoms with van der Waals surface area (Å²) in [6, 6.07) is 7.62. The van der Waals surface area contributed by atoms with E-state index >= 15 is 0 Å². The second-order valence-corrected chi connectivity index (χ2v) is 4.26. The van der Waals surface area contributed by atoms with Crippen LogP contribution >= 0.6 is 23.8 Å². The highest BCUT2D eigenvalue weighted by molar-refractivity contribution is 7.80. The minimum absolute atomic E-state index is 0.315. The number of benzene rings is 1. The van der Waals surface area contributed by atoms with Gasteiger partial charge in [0.25, 0.3) is 0 Å². The zero-order valence-corrected chi connectivity index (χ0v) is 10.7. The lowest BCUT2D eigenvalue weighted by Crippen LogP contribution is -2.19. The predicted octanol–water partition coefficient (Wildman–Crippen LogP) is 3.68. The van der Waals surface area contributed by atoms with Gasteiger partial charge < -0.3 is 10.6 Å². The van der Waals surface area contributed by atoms with Crippen molar-refractivity contribution in [3.8, 4) is 0 Å². The van der Waals surface area contributed by atoms with Crippen molar-refractivity contribution < 1.29 is 4.39 Å². The van der Waals surface area contributed by atoms with E-state index in [4.69, 9.17) is 23.8 Å². The molecule has 0 atom stereocenters. The molecule has 0 radical (unpaired) electrons. The molecule has 1 heterocycles. The highest BCUT2D eigenvalue weighted by atomic mass is 35.5. The van der Waals surface area contributed by atoms with Gasteiger partial charge in [0.15, 0.2) is 5.11 Å². The molecule has 1 aromatic carbocycles. The third kappa shape index (κ3) is 3.38. The van der Waals surface area contributed by atoms with Crippen LogP contribution in [-0.4, -0.2) is 10.1 Å². The van der Waals surface area contributed by atoms with E-state index in [9.17, 15) is 4.39 Å². The molecule has 6 heteroatoms. The Kier molecular flexibility index (Phi) is 4.07. The second kappa shape index (κ2) is 5.75. The summed E-state index contributed by atoms with van der Waals surface area (Å²) in [5, 5.41) is 6.44. The first-order chi connectivity index (χ1) is 8.65. The van der Waals surface area contributed by atoms with Gasteiger partial charge in [-0.15, -0.1) is 0 Å². The summed E-state index contributed by atoms with van der Waals surface area (Å²) >= 11 is 11.0. The standard InChI is InChI=1S/C12H9ClFN3S/c13-10-4-3-8(14)6-11(10)17-12(18)16-9-2-1-5-15-7-9/h1-7H,(H2,16,17,18). The van der Waals surface area contributed by atoms with Crippen LogP contribution in [0, 0.1) is 5.82 Å². The van der Waals surface area contributed by atoms with Crippen molar-refractivity contribution in [2.75, 3.05) is 10.6 Å². The van der Waals surface area contributed by atoms with Crippen molar-refractivity contribution in [2.24, 2.45) is 0 Å². The first-order valence-electron chi connectivity index (χ1n) is 5.08. The average molecular weight is 282 g/mol. The van der Waals surface area contributed by atoms with Crippen molar-refractivity contribution >= 4 is 40.3 Å². The van der Waals surface area contributed by atoms with Crippen molar-refractivity contribution in [3.63, 3.8) is 0 Å². The summed E-state index contributed by atoms with van der Waals surface area (Å²) in [6.07, 6.45) is 3.28. The van der Waals surface area contributed by atoms with E-state index in [0.29, 0.717) is 15.8 Å². The molecule has 0 saturated carbocycles. The van der Waals surface area contributed by atoms with E-state index in [1.807, 2.05) is 6.07 Å². The maximum atomic E-state index is 13.1. The number of hydrogen-bond acceptors (Lipinski definition) is 2. The highest BCUT2D eigenvalue weighted by Crippen LogP contribution is 2.22. The van der Waals surface area contributed by atoms with Gasteiger partial charge in [0.2, 0.25) is 0 Å². The summed E-state index contributed by atoms with van der Waals surface area (Å²) < 4.78 is 13.1. The Balaban J connectivity index is 2.05. The number of nitrogens with zero attached hydrogens (tertiary/aromatic N) is 1. The smallest absolute Gasteiger partial charge is 0.175 e. The molecule has 18 heavy (non-hydrogen) atoms. The van der Waals surface area contributed by atoms with Crippen LogP contribution in [0.2, 0.25) is 5.02 Å². The van der Waals surface area contributed by atoms with E-state index in [-0.39, 0.29) is 5.82 Å². The summed E-state index contributed by atoms with van der Waals surface area (Å²) in [5.41, 5.74) is 1.15. The van der Waals surface area contributed by atoms with Crippen molar-refractivity contribution in [1.82, 2.24) is 4.98 Å². The number of anilines is 2. The number of halogens is 2. The summed E-state index contributed by atoms with van der Waals surface area (Å²) in [5.74, 6) is -0.383. The van der Waals surface area contributed by atoms with E-state index in [1.54, 1.807) is 18.5 Å². The van der Waals surface area contributed by atoms with Gasteiger partial charge in [0.05, 0.1) is 22.6 Å². The van der Waals surface area contributed by atoms with Gasteiger partial charge in [-0.1, -0.05) is 11.6 Å². The normalized spacial score (nSPS) is 9.89. The van der Waals surface area contributed by atoms with Gasteiger partial charge in [-0.25, -0.2) is 4.39 Å². The van der Waals surface area contributed by atoms with Crippen LogP contribution in [0.4, 0.5) is 15.8 Å². The summed E-state index contributed by atoms with van der Waals surface area (Å²) in [4.78, 5) is 3.94. The molecule has 0 aliphatic carbocycles. The summed E-state index contributed by atoms with van der Waals surface area (Å²) in [7, 11) is 0. The molecule has 0 aliphatic rings. The van der Waals surface area contributed by atoms with Crippen LogP contribution in [0.5, 0.6) is 0 Å². The predicted molar refractivity (Wildman–Crippen MR) is 75.5 cm³/mol. The fraction of sp³-hybridized carbons (Fsp3) is 0. The lowest BCUT2D eigenvalue weighted by Gasteiger charge is -2.11. The molecule has 0 unspecified atom stereocenters. The number of nitrogens with one attached hydrogen (secondary N) is 2. The number of aromatic nitrogens is 1. The molecule has 0 amide bonds. The third-order valence-corrected chi connectivity index (χ3v) is 2.63. The number of thiocarbonyl (C=S) groups is 1.